The van der Waals surface area contributed by atoms with Crippen molar-refractivity contribution in [3.8, 4) is 0 Å². The van der Waals surface area contributed by atoms with Crippen LogP contribution in [0, 0.1) is 0 Å². The Labute approximate surface area is 337 Å². The highest BCUT2D eigenvalue weighted by Gasteiger charge is 2.19. The number of ether oxygens (including phenoxy) is 3. The van der Waals surface area contributed by atoms with Crippen molar-refractivity contribution < 1.29 is 28.6 Å². The molecule has 1 unspecified atom stereocenters. The topological polar surface area (TPSA) is 78.9 Å². The predicted octanol–water partition coefficient (Wildman–Crippen LogP) is 13.9. The highest BCUT2D eigenvalue weighted by atomic mass is 16.6. The number of carbonyl (C=O) groups excluding carboxylic acids is 3. The second-order valence-electron chi connectivity index (χ2n) is 14.0. The van der Waals surface area contributed by atoms with E-state index in [0.29, 0.717) is 19.3 Å². The van der Waals surface area contributed by atoms with Crippen molar-refractivity contribution in [2.24, 2.45) is 0 Å². The zero-order valence-electron chi connectivity index (χ0n) is 35.1. The molecule has 0 bridgehead atoms. The van der Waals surface area contributed by atoms with Crippen LogP contribution in [-0.4, -0.2) is 37.2 Å². The first kappa shape index (κ1) is 51.3. The minimum Gasteiger partial charge on any atom is -0.462 e. The van der Waals surface area contributed by atoms with Crippen molar-refractivity contribution in [3.05, 3.63) is 97.2 Å². The molecule has 0 aromatic carbocycles. The molecule has 0 aromatic heterocycles. The molecule has 0 aliphatic rings. The maximum absolute atomic E-state index is 12.7. The van der Waals surface area contributed by atoms with Gasteiger partial charge in [0, 0.05) is 19.3 Å². The third kappa shape index (κ3) is 41.3. The van der Waals surface area contributed by atoms with Gasteiger partial charge in [-0.1, -0.05) is 195 Å². The molecule has 0 saturated heterocycles. The molecule has 0 saturated carbocycles. The number of hydrogen-bond donors (Lipinski definition) is 0. The first-order chi connectivity index (χ1) is 27.0. The van der Waals surface area contributed by atoms with Crippen LogP contribution in [-0.2, 0) is 28.6 Å². The van der Waals surface area contributed by atoms with Crippen LogP contribution in [0.4, 0.5) is 0 Å². The fraction of sp³-hybridized carbons (Fsp3) is 0.612. The van der Waals surface area contributed by atoms with Crippen LogP contribution >= 0.6 is 0 Å². The molecule has 0 amide bonds. The summed E-state index contributed by atoms with van der Waals surface area (Å²) in [5, 5.41) is 0. The highest BCUT2D eigenvalue weighted by Crippen LogP contribution is 2.14. The molecule has 0 aliphatic heterocycles. The quantitative estimate of drug-likeness (QED) is 0.0206. The zero-order valence-corrected chi connectivity index (χ0v) is 35.1. The summed E-state index contributed by atoms with van der Waals surface area (Å²) in [6, 6.07) is 0. The SMILES string of the molecule is CC\C=C/C=C\C=C/C=C\C=C/CCCC(=O)OCC(COC(=O)CCC/C=C\C/C=C\C/C=C\CC)OC(=O)CCCCCCCCCCCCCCC. The molecule has 0 rings (SSSR count). The number of unbranched alkanes of at least 4 members (excludes halogenated alkanes) is 14. The fourth-order valence-corrected chi connectivity index (χ4v) is 5.49. The first-order valence-corrected chi connectivity index (χ1v) is 21.8. The van der Waals surface area contributed by atoms with Crippen molar-refractivity contribution >= 4 is 17.9 Å². The van der Waals surface area contributed by atoms with Crippen LogP contribution in [0.15, 0.2) is 97.2 Å². The third-order valence-corrected chi connectivity index (χ3v) is 8.71. The van der Waals surface area contributed by atoms with Gasteiger partial charge in [0.25, 0.3) is 0 Å². The Kier molecular flexibility index (Phi) is 40.2. The van der Waals surface area contributed by atoms with E-state index in [9.17, 15) is 14.4 Å². The van der Waals surface area contributed by atoms with Crippen molar-refractivity contribution in [2.75, 3.05) is 13.2 Å². The molecule has 310 valence electrons. The lowest BCUT2D eigenvalue weighted by molar-refractivity contribution is -0.167. The molecule has 6 nitrogen and oxygen atoms in total. The molecule has 6 heteroatoms. The van der Waals surface area contributed by atoms with E-state index < -0.39 is 6.10 Å². The lowest BCUT2D eigenvalue weighted by atomic mass is 10.0. The summed E-state index contributed by atoms with van der Waals surface area (Å²) >= 11 is 0. The molecule has 55 heavy (non-hydrogen) atoms. The average molecular weight is 763 g/mol. The Morgan fingerprint density at radius 1 is 0.400 bits per heavy atom. The largest absolute Gasteiger partial charge is 0.462 e. The van der Waals surface area contributed by atoms with Crippen LogP contribution in [0.2, 0.25) is 0 Å². The Balaban J connectivity index is 4.57. The highest BCUT2D eigenvalue weighted by molar-refractivity contribution is 5.71. The summed E-state index contributed by atoms with van der Waals surface area (Å²) in [4.78, 5) is 37.6. The van der Waals surface area contributed by atoms with Crippen molar-refractivity contribution in [2.45, 2.75) is 181 Å². The molecular formula is C49H78O6. The zero-order chi connectivity index (χ0) is 40.1. The minimum atomic E-state index is -0.822. The Bertz CT molecular complexity index is 1150. The van der Waals surface area contributed by atoms with Crippen LogP contribution in [0.3, 0.4) is 0 Å². The summed E-state index contributed by atoms with van der Waals surface area (Å²) in [6.07, 6.45) is 55.5. The summed E-state index contributed by atoms with van der Waals surface area (Å²) in [6.45, 7) is 6.23. The Hall–Kier alpha value is -3.67. The lowest BCUT2D eigenvalue weighted by Crippen LogP contribution is -2.30. The number of esters is 3. The van der Waals surface area contributed by atoms with E-state index in [0.717, 1.165) is 57.8 Å². The molecule has 0 spiro atoms. The van der Waals surface area contributed by atoms with E-state index in [-0.39, 0.29) is 44.0 Å². The van der Waals surface area contributed by atoms with Crippen molar-refractivity contribution in [1.82, 2.24) is 0 Å². The van der Waals surface area contributed by atoms with Gasteiger partial charge >= 0.3 is 17.9 Å². The maximum Gasteiger partial charge on any atom is 0.306 e. The van der Waals surface area contributed by atoms with Crippen LogP contribution in [0.25, 0.3) is 0 Å². The monoisotopic (exact) mass is 763 g/mol. The molecule has 1 atom stereocenters. The van der Waals surface area contributed by atoms with Crippen LogP contribution < -0.4 is 0 Å². The minimum absolute atomic E-state index is 0.127. The predicted molar refractivity (Wildman–Crippen MR) is 233 cm³/mol. The number of rotatable bonds is 37. The summed E-state index contributed by atoms with van der Waals surface area (Å²) in [7, 11) is 0. The maximum atomic E-state index is 12.7. The van der Waals surface area contributed by atoms with Gasteiger partial charge < -0.3 is 14.2 Å². The van der Waals surface area contributed by atoms with Gasteiger partial charge in [-0.15, -0.1) is 0 Å². The van der Waals surface area contributed by atoms with Crippen molar-refractivity contribution in [3.63, 3.8) is 0 Å². The second kappa shape index (κ2) is 43.1. The van der Waals surface area contributed by atoms with Gasteiger partial charge in [0.15, 0.2) is 6.10 Å². The molecule has 0 fully saturated rings. The van der Waals surface area contributed by atoms with Gasteiger partial charge in [0.1, 0.15) is 13.2 Å². The van der Waals surface area contributed by atoms with E-state index in [1.807, 2.05) is 54.7 Å². The Morgan fingerprint density at radius 3 is 1.31 bits per heavy atom. The molecule has 0 aliphatic carbocycles. The molecule has 0 N–H and O–H groups in total. The standard InChI is InChI=1S/C49H78O6/c1-4-7-10-13-16-19-22-24-27-30-33-36-39-42-48(51)54-45-46(44-53-47(50)41-38-35-32-29-26-21-18-15-12-9-6-3)55-49(52)43-40-37-34-31-28-25-23-20-17-14-11-8-5-2/h7,9-10,12-13,16,18-19,21-22,24,27,29-30,32-33,46H,4-6,8,11,14-15,17,20,23,25-26,28,31,34-45H2,1-3H3/b10-7-,12-9-,16-13-,21-18-,22-19-,27-24-,32-29-,33-30-. The van der Waals surface area contributed by atoms with Gasteiger partial charge in [0.2, 0.25) is 0 Å². The van der Waals surface area contributed by atoms with E-state index in [1.54, 1.807) is 0 Å². The normalized spacial score (nSPS) is 13.0. The lowest BCUT2D eigenvalue weighted by Gasteiger charge is -2.18. The number of hydrogen-bond acceptors (Lipinski definition) is 6. The first-order valence-electron chi connectivity index (χ1n) is 21.8. The molecule has 0 aromatic rings. The average Bonchev–Trinajstić information content (AvgIpc) is 3.18. The fourth-order valence-electron chi connectivity index (χ4n) is 5.49. The van der Waals surface area contributed by atoms with Gasteiger partial charge in [-0.05, 0) is 57.8 Å². The molecule has 0 radical (unpaired) electrons. The number of allylic oxidation sites excluding steroid dienone is 16. The van der Waals surface area contributed by atoms with Crippen LogP contribution in [0.5, 0.6) is 0 Å². The Morgan fingerprint density at radius 2 is 0.800 bits per heavy atom. The summed E-state index contributed by atoms with van der Waals surface area (Å²) < 4.78 is 16.6. The smallest absolute Gasteiger partial charge is 0.306 e. The second-order valence-corrected chi connectivity index (χ2v) is 14.0. The summed E-state index contributed by atoms with van der Waals surface area (Å²) in [5.41, 5.74) is 0. The summed E-state index contributed by atoms with van der Waals surface area (Å²) in [5.74, 6) is -1.06. The van der Waals surface area contributed by atoms with E-state index in [2.05, 4.69) is 63.3 Å². The van der Waals surface area contributed by atoms with E-state index in [4.69, 9.17) is 14.2 Å². The van der Waals surface area contributed by atoms with Crippen LogP contribution in [0.1, 0.15) is 175 Å². The third-order valence-electron chi connectivity index (χ3n) is 8.71. The van der Waals surface area contributed by atoms with Crippen molar-refractivity contribution in [1.29, 1.82) is 0 Å². The van der Waals surface area contributed by atoms with Gasteiger partial charge in [0.05, 0.1) is 0 Å². The molecular weight excluding hydrogens is 685 g/mol. The van der Waals surface area contributed by atoms with E-state index >= 15 is 0 Å². The molecule has 0 heterocycles. The van der Waals surface area contributed by atoms with Gasteiger partial charge in [-0.3, -0.25) is 14.4 Å². The number of carbonyl (C=O) groups is 3. The van der Waals surface area contributed by atoms with Gasteiger partial charge in [-0.25, -0.2) is 0 Å². The van der Waals surface area contributed by atoms with Gasteiger partial charge in [-0.2, -0.15) is 0 Å². The van der Waals surface area contributed by atoms with E-state index in [1.165, 1.54) is 64.2 Å².